The zero-order chi connectivity index (χ0) is 18.5. The predicted molar refractivity (Wildman–Crippen MR) is 110 cm³/mol. The molecule has 0 saturated heterocycles. The number of aryl methyl sites for hydroxylation is 1. The minimum atomic E-state index is -0.0682. The Bertz CT molecular complexity index is 929. The second-order valence-electron chi connectivity index (χ2n) is 5.82. The molecular weight excluding hydrogens is 410 g/mol. The number of hydrogen-bond acceptors (Lipinski definition) is 4. The Morgan fingerprint density at radius 2 is 1.88 bits per heavy atom. The fourth-order valence-corrected chi connectivity index (χ4v) is 3.29. The molecule has 0 aliphatic heterocycles. The van der Waals surface area contributed by atoms with E-state index in [9.17, 15) is 4.79 Å². The van der Waals surface area contributed by atoms with E-state index < -0.39 is 0 Å². The van der Waals surface area contributed by atoms with E-state index in [-0.39, 0.29) is 11.7 Å². The first-order valence-corrected chi connectivity index (χ1v) is 9.88. The number of benzene rings is 2. The van der Waals surface area contributed by atoms with Crippen molar-refractivity contribution >= 4 is 39.3 Å². The lowest BCUT2D eigenvalue weighted by atomic mass is 10.1. The first-order chi connectivity index (χ1) is 12.5. The van der Waals surface area contributed by atoms with Gasteiger partial charge in [0.05, 0.1) is 11.4 Å². The van der Waals surface area contributed by atoms with Crippen molar-refractivity contribution in [1.82, 2.24) is 9.97 Å². The molecule has 0 unspecified atom stereocenters. The van der Waals surface area contributed by atoms with Crippen molar-refractivity contribution in [3.63, 3.8) is 0 Å². The minimum absolute atomic E-state index is 0.0682. The molecule has 0 saturated carbocycles. The van der Waals surface area contributed by atoms with Crippen LogP contribution in [0.1, 0.15) is 11.1 Å². The Balaban J connectivity index is 1.64. The number of thioether (sulfide) groups is 1. The van der Waals surface area contributed by atoms with Gasteiger partial charge >= 0.3 is 0 Å². The van der Waals surface area contributed by atoms with Gasteiger partial charge in [-0.15, -0.1) is 0 Å². The third kappa shape index (κ3) is 4.71. The molecule has 132 valence electrons. The van der Waals surface area contributed by atoms with Crippen molar-refractivity contribution in [3.05, 3.63) is 70.3 Å². The smallest absolute Gasteiger partial charge is 0.234 e. The minimum Gasteiger partial charge on any atom is -0.325 e. The van der Waals surface area contributed by atoms with E-state index in [2.05, 4.69) is 31.2 Å². The van der Waals surface area contributed by atoms with Crippen LogP contribution in [-0.4, -0.2) is 21.6 Å². The Morgan fingerprint density at radius 3 is 2.65 bits per heavy atom. The van der Waals surface area contributed by atoms with Gasteiger partial charge in [-0.05, 0) is 49.2 Å². The summed E-state index contributed by atoms with van der Waals surface area (Å²) >= 11 is 4.75. The van der Waals surface area contributed by atoms with Crippen LogP contribution in [0.2, 0.25) is 0 Å². The van der Waals surface area contributed by atoms with E-state index in [0.29, 0.717) is 5.16 Å². The SMILES string of the molecule is Cc1cccc(NC(=O)CSc2nccc(-c3ccc(Br)cc3)n2)c1C. The molecule has 0 aliphatic carbocycles. The molecule has 2 aromatic carbocycles. The Hall–Kier alpha value is -2.18. The topological polar surface area (TPSA) is 54.9 Å². The monoisotopic (exact) mass is 427 g/mol. The maximum Gasteiger partial charge on any atom is 0.234 e. The van der Waals surface area contributed by atoms with Crippen LogP contribution in [0.25, 0.3) is 11.3 Å². The first kappa shape index (κ1) is 18.6. The third-order valence-electron chi connectivity index (χ3n) is 3.98. The summed E-state index contributed by atoms with van der Waals surface area (Å²) in [5.41, 5.74) is 4.93. The van der Waals surface area contributed by atoms with Crippen LogP contribution in [0.3, 0.4) is 0 Å². The summed E-state index contributed by atoms with van der Waals surface area (Å²) in [6.45, 7) is 4.03. The second kappa shape index (κ2) is 8.47. The van der Waals surface area contributed by atoms with Gasteiger partial charge in [-0.25, -0.2) is 9.97 Å². The van der Waals surface area contributed by atoms with Gasteiger partial charge in [0, 0.05) is 21.9 Å². The Morgan fingerprint density at radius 1 is 1.12 bits per heavy atom. The molecule has 0 fully saturated rings. The lowest BCUT2D eigenvalue weighted by Crippen LogP contribution is -2.15. The largest absolute Gasteiger partial charge is 0.325 e. The highest BCUT2D eigenvalue weighted by atomic mass is 79.9. The molecule has 6 heteroatoms. The molecule has 0 aliphatic rings. The highest BCUT2D eigenvalue weighted by Gasteiger charge is 2.09. The summed E-state index contributed by atoms with van der Waals surface area (Å²) < 4.78 is 1.02. The van der Waals surface area contributed by atoms with Gasteiger partial charge in [-0.2, -0.15) is 0 Å². The summed E-state index contributed by atoms with van der Waals surface area (Å²) in [6, 6.07) is 15.7. The van der Waals surface area contributed by atoms with E-state index in [1.165, 1.54) is 11.8 Å². The van der Waals surface area contributed by atoms with E-state index in [4.69, 9.17) is 0 Å². The van der Waals surface area contributed by atoms with Crippen LogP contribution in [0.5, 0.6) is 0 Å². The number of rotatable bonds is 5. The van der Waals surface area contributed by atoms with Gasteiger partial charge in [-0.3, -0.25) is 4.79 Å². The molecule has 0 radical (unpaired) electrons. The summed E-state index contributed by atoms with van der Waals surface area (Å²) in [6.07, 6.45) is 1.72. The van der Waals surface area contributed by atoms with Gasteiger partial charge in [0.25, 0.3) is 0 Å². The Labute approximate surface area is 165 Å². The zero-order valence-corrected chi connectivity index (χ0v) is 16.9. The lowest BCUT2D eigenvalue weighted by molar-refractivity contribution is -0.113. The number of aromatic nitrogens is 2. The normalized spacial score (nSPS) is 10.6. The maximum absolute atomic E-state index is 12.2. The van der Waals surface area contributed by atoms with Crippen LogP contribution >= 0.6 is 27.7 Å². The van der Waals surface area contributed by atoms with E-state index in [1.54, 1.807) is 6.20 Å². The third-order valence-corrected chi connectivity index (χ3v) is 5.37. The standard InChI is InChI=1S/C20H18BrN3OS/c1-13-4-3-5-17(14(13)2)23-19(25)12-26-20-22-11-10-18(24-20)15-6-8-16(21)9-7-15/h3-11H,12H2,1-2H3,(H,23,25). The molecule has 3 aromatic rings. The van der Waals surface area contributed by atoms with Gasteiger partial charge in [-0.1, -0.05) is 52.0 Å². The van der Waals surface area contributed by atoms with E-state index in [0.717, 1.165) is 32.5 Å². The number of nitrogens with one attached hydrogen (secondary N) is 1. The zero-order valence-electron chi connectivity index (χ0n) is 14.5. The molecule has 1 N–H and O–H groups in total. The van der Waals surface area contributed by atoms with Crippen molar-refractivity contribution in [1.29, 1.82) is 0 Å². The van der Waals surface area contributed by atoms with Crippen LogP contribution in [0.15, 0.2) is 64.4 Å². The molecule has 1 aromatic heterocycles. The number of amides is 1. The number of halogens is 1. The predicted octanol–water partition coefficient (Wildman–Crippen LogP) is 5.25. The summed E-state index contributed by atoms with van der Waals surface area (Å²) in [5, 5.41) is 3.54. The Kier molecular flexibility index (Phi) is 6.06. The fourth-order valence-electron chi connectivity index (χ4n) is 2.39. The number of carbonyl (C=O) groups is 1. The molecule has 3 rings (SSSR count). The first-order valence-electron chi connectivity index (χ1n) is 8.11. The van der Waals surface area contributed by atoms with Gasteiger partial charge < -0.3 is 5.32 Å². The summed E-state index contributed by atoms with van der Waals surface area (Å²) in [4.78, 5) is 21.0. The van der Waals surface area contributed by atoms with Gasteiger partial charge in [0.1, 0.15) is 0 Å². The molecule has 26 heavy (non-hydrogen) atoms. The lowest BCUT2D eigenvalue weighted by Gasteiger charge is -2.10. The molecule has 0 atom stereocenters. The van der Waals surface area contributed by atoms with Crippen molar-refractivity contribution in [2.24, 2.45) is 0 Å². The molecule has 0 spiro atoms. The molecule has 0 bridgehead atoms. The number of hydrogen-bond donors (Lipinski definition) is 1. The highest BCUT2D eigenvalue weighted by molar-refractivity contribution is 9.10. The fraction of sp³-hybridized carbons (Fsp3) is 0.150. The van der Waals surface area contributed by atoms with E-state index in [1.807, 2.05) is 62.4 Å². The number of anilines is 1. The van der Waals surface area contributed by atoms with Crippen molar-refractivity contribution < 1.29 is 4.79 Å². The van der Waals surface area contributed by atoms with Crippen molar-refractivity contribution in [2.45, 2.75) is 19.0 Å². The average Bonchev–Trinajstić information content (AvgIpc) is 2.65. The van der Waals surface area contributed by atoms with Gasteiger partial charge in [0.2, 0.25) is 5.91 Å². The van der Waals surface area contributed by atoms with Crippen LogP contribution in [0.4, 0.5) is 5.69 Å². The number of nitrogens with zero attached hydrogens (tertiary/aromatic N) is 2. The number of carbonyl (C=O) groups excluding carboxylic acids is 1. The van der Waals surface area contributed by atoms with Crippen LogP contribution in [0, 0.1) is 13.8 Å². The summed E-state index contributed by atoms with van der Waals surface area (Å²) in [7, 11) is 0. The van der Waals surface area contributed by atoms with E-state index >= 15 is 0 Å². The molecule has 1 heterocycles. The van der Waals surface area contributed by atoms with Crippen LogP contribution in [-0.2, 0) is 4.79 Å². The average molecular weight is 428 g/mol. The van der Waals surface area contributed by atoms with Crippen molar-refractivity contribution in [2.75, 3.05) is 11.1 Å². The second-order valence-corrected chi connectivity index (χ2v) is 7.67. The highest BCUT2D eigenvalue weighted by Crippen LogP contribution is 2.23. The maximum atomic E-state index is 12.2. The molecule has 4 nitrogen and oxygen atoms in total. The quantitative estimate of drug-likeness (QED) is 0.445. The molecular formula is C20H18BrN3OS. The van der Waals surface area contributed by atoms with Crippen LogP contribution < -0.4 is 5.32 Å². The molecule has 1 amide bonds. The summed E-state index contributed by atoms with van der Waals surface area (Å²) in [5.74, 6) is 0.193. The van der Waals surface area contributed by atoms with Crippen molar-refractivity contribution in [3.8, 4) is 11.3 Å². The van der Waals surface area contributed by atoms with Gasteiger partial charge in [0.15, 0.2) is 5.16 Å².